The molecular weight excluding hydrogens is 320 g/mol. The number of aromatic nitrogens is 1. The van der Waals surface area contributed by atoms with Crippen LogP contribution in [0.25, 0.3) is 0 Å². The first-order chi connectivity index (χ1) is 12.2. The monoisotopic (exact) mass is 350 g/mol. The van der Waals surface area contributed by atoms with Gasteiger partial charge in [-0.05, 0) is 63.7 Å². The molecule has 0 saturated heterocycles. The second-order valence-corrected chi connectivity index (χ2v) is 6.49. The third-order valence-corrected chi connectivity index (χ3v) is 4.77. The summed E-state index contributed by atoms with van der Waals surface area (Å²) in [6, 6.07) is 3.39. The van der Waals surface area contributed by atoms with Gasteiger partial charge in [0.2, 0.25) is 0 Å². The van der Waals surface area contributed by atoms with E-state index in [-0.39, 0.29) is 23.3 Å². The van der Waals surface area contributed by atoms with Crippen molar-refractivity contribution >= 4 is 5.97 Å². The van der Waals surface area contributed by atoms with Crippen molar-refractivity contribution in [2.75, 3.05) is 26.8 Å². The van der Waals surface area contributed by atoms with Gasteiger partial charge in [-0.25, -0.2) is 4.79 Å². The fraction of sp³-hybridized carbons (Fsp3) is 0.684. The van der Waals surface area contributed by atoms with E-state index in [4.69, 9.17) is 4.74 Å². The number of esters is 1. The van der Waals surface area contributed by atoms with Crippen LogP contribution in [-0.2, 0) is 9.47 Å². The molecule has 1 aliphatic rings. The molecular formula is C19H30N2O4. The summed E-state index contributed by atoms with van der Waals surface area (Å²) in [5.74, 6) is -0.575. The van der Waals surface area contributed by atoms with Gasteiger partial charge >= 0.3 is 5.97 Å². The molecule has 1 aliphatic carbocycles. The van der Waals surface area contributed by atoms with Crippen molar-refractivity contribution in [3.05, 3.63) is 34.2 Å². The van der Waals surface area contributed by atoms with Crippen molar-refractivity contribution in [2.45, 2.75) is 57.6 Å². The first kappa shape index (κ1) is 19.7. The Balaban J connectivity index is 1.80. The second-order valence-electron chi connectivity index (χ2n) is 6.49. The molecule has 0 spiro atoms. The highest BCUT2D eigenvalue weighted by molar-refractivity contribution is 5.88. The summed E-state index contributed by atoms with van der Waals surface area (Å²) in [4.78, 5) is 24.1. The van der Waals surface area contributed by atoms with Gasteiger partial charge in [0.05, 0.1) is 13.2 Å². The van der Waals surface area contributed by atoms with Gasteiger partial charge in [-0.15, -0.1) is 0 Å². The molecule has 0 atom stereocenters. The van der Waals surface area contributed by atoms with E-state index in [1.807, 2.05) is 0 Å². The zero-order chi connectivity index (χ0) is 18.1. The number of carbonyl (C=O) groups excluding carboxylic acids is 1. The largest absolute Gasteiger partial charge is 0.465 e. The predicted octanol–water partition coefficient (Wildman–Crippen LogP) is 2.52. The van der Waals surface area contributed by atoms with Gasteiger partial charge in [-0.1, -0.05) is 6.92 Å². The first-order valence-electron chi connectivity index (χ1n) is 9.29. The van der Waals surface area contributed by atoms with Gasteiger partial charge in [0.1, 0.15) is 5.56 Å². The van der Waals surface area contributed by atoms with Crippen molar-refractivity contribution < 1.29 is 14.3 Å². The molecule has 0 radical (unpaired) electrons. The zero-order valence-electron chi connectivity index (χ0n) is 15.3. The van der Waals surface area contributed by atoms with E-state index >= 15 is 0 Å². The number of hydrogen-bond acceptors (Lipinski definition) is 5. The van der Waals surface area contributed by atoms with Gasteiger partial charge in [-0.2, -0.15) is 0 Å². The van der Waals surface area contributed by atoms with Crippen LogP contribution in [0.5, 0.6) is 0 Å². The number of nitrogens with zero attached hydrogens (tertiary/aromatic N) is 1. The molecule has 6 heteroatoms. The van der Waals surface area contributed by atoms with Crippen LogP contribution in [0.15, 0.2) is 23.1 Å². The highest BCUT2D eigenvalue weighted by Crippen LogP contribution is 2.29. The lowest BCUT2D eigenvalue weighted by atomic mass is 9.92. The van der Waals surface area contributed by atoms with E-state index in [9.17, 15) is 9.59 Å². The number of methoxy groups -OCH3 is 1. The minimum absolute atomic E-state index is 0.101. The number of hydrogen-bond donors (Lipinski definition) is 1. The Morgan fingerprint density at radius 2 is 2.04 bits per heavy atom. The Kier molecular flexibility index (Phi) is 8.15. The zero-order valence-corrected chi connectivity index (χ0v) is 15.3. The maximum absolute atomic E-state index is 12.5. The predicted molar refractivity (Wildman–Crippen MR) is 97.1 cm³/mol. The van der Waals surface area contributed by atoms with Crippen LogP contribution in [0.2, 0.25) is 0 Å². The molecule has 0 amide bonds. The summed E-state index contributed by atoms with van der Waals surface area (Å²) in [7, 11) is 1.29. The van der Waals surface area contributed by atoms with Crippen LogP contribution in [0.1, 0.15) is 61.8 Å². The van der Waals surface area contributed by atoms with Crippen LogP contribution in [0, 0.1) is 0 Å². The highest BCUT2D eigenvalue weighted by atomic mass is 16.5. The van der Waals surface area contributed by atoms with Crippen LogP contribution < -0.4 is 10.9 Å². The standard InChI is InChI=1S/C19H30N2O4/c1-3-20-12-4-5-14-25-16-10-8-15(9-11-16)21-13-6-7-17(18(21)22)19(23)24-2/h6-7,13,15-16,20H,3-5,8-12,14H2,1-2H3. The smallest absolute Gasteiger partial charge is 0.343 e. The van der Waals surface area contributed by atoms with Crippen LogP contribution in [0.4, 0.5) is 0 Å². The first-order valence-corrected chi connectivity index (χ1v) is 9.29. The van der Waals surface area contributed by atoms with E-state index in [0.29, 0.717) is 0 Å². The Bertz CT molecular complexity index is 591. The fourth-order valence-corrected chi connectivity index (χ4v) is 3.33. The lowest BCUT2D eigenvalue weighted by molar-refractivity contribution is 0.0173. The number of pyridine rings is 1. The lowest BCUT2D eigenvalue weighted by Crippen LogP contribution is -2.32. The van der Waals surface area contributed by atoms with Crippen LogP contribution in [0.3, 0.4) is 0 Å². The molecule has 0 aliphatic heterocycles. The van der Waals surface area contributed by atoms with E-state index in [0.717, 1.165) is 58.2 Å². The molecule has 1 N–H and O–H groups in total. The average molecular weight is 350 g/mol. The molecule has 6 nitrogen and oxygen atoms in total. The molecule has 1 aromatic heterocycles. The van der Waals surface area contributed by atoms with Crippen molar-refractivity contribution in [3.8, 4) is 0 Å². The molecule has 0 aromatic carbocycles. The van der Waals surface area contributed by atoms with Gasteiger partial charge in [0, 0.05) is 18.8 Å². The lowest BCUT2D eigenvalue weighted by Gasteiger charge is -2.30. The molecule has 0 bridgehead atoms. The highest BCUT2D eigenvalue weighted by Gasteiger charge is 2.24. The average Bonchev–Trinajstić information content (AvgIpc) is 2.65. The summed E-state index contributed by atoms with van der Waals surface area (Å²) in [6.07, 6.45) is 7.96. The molecule has 1 saturated carbocycles. The Morgan fingerprint density at radius 3 is 2.72 bits per heavy atom. The van der Waals surface area contributed by atoms with E-state index in [1.165, 1.54) is 13.2 Å². The molecule has 0 unspecified atom stereocenters. The fourth-order valence-electron chi connectivity index (χ4n) is 3.33. The minimum Gasteiger partial charge on any atom is -0.465 e. The van der Waals surface area contributed by atoms with Gasteiger partial charge in [0.15, 0.2) is 0 Å². The number of ether oxygens (including phenoxy) is 2. The Hall–Kier alpha value is -1.66. The topological polar surface area (TPSA) is 69.6 Å². The van der Waals surface area contributed by atoms with Crippen LogP contribution >= 0.6 is 0 Å². The SMILES string of the molecule is CCNCCCCOC1CCC(n2cccc(C(=O)OC)c2=O)CC1. The third-order valence-electron chi connectivity index (χ3n) is 4.77. The summed E-state index contributed by atoms with van der Waals surface area (Å²) < 4.78 is 12.3. The number of nitrogens with one attached hydrogen (secondary N) is 1. The van der Waals surface area contributed by atoms with E-state index in [1.54, 1.807) is 16.8 Å². The van der Waals surface area contributed by atoms with Gasteiger partial charge < -0.3 is 19.4 Å². The summed E-state index contributed by atoms with van der Waals surface area (Å²) >= 11 is 0. The number of carbonyl (C=O) groups is 1. The van der Waals surface area contributed by atoms with Crippen molar-refractivity contribution in [1.29, 1.82) is 0 Å². The third kappa shape index (κ3) is 5.68. The Labute approximate surface area is 149 Å². The second kappa shape index (κ2) is 10.4. The molecule has 25 heavy (non-hydrogen) atoms. The van der Waals surface area contributed by atoms with Gasteiger partial charge in [-0.3, -0.25) is 4.79 Å². The number of unbranched alkanes of at least 4 members (excludes halogenated alkanes) is 1. The van der Waals surface area contributed by atoms with E-state index in [2.05, 4.69) is 17.0 Å². The molecule has 1 fully saturated rings. The summed E-state index contributed by atoms with van der Waals surface area (Å²) in [6.45, 7) is 4.98. The molecule has 1 heterocycles. The molecule has 1 aromatic rings. The molecule has 140 valence electrons. The van der Waals surface area contributed by atoms with Crippen molar-refractivity contribution in [2.24, 2.45) is 0 Å². The van der Waals surface area contributed by atoms with Gasteiger partial charge in [0.25, 0.3) is 5.56 Å². The quantitative estimate of drug-likeness (QED) is 0.547. The molecule has 2 rings (SSSR count). The summed E-state index contributed by atoms with van der Waals surface area (Å²) in [5.41, 5.74) is -0.161. The minimum atomic E-state index is -0.575. The van der Waals surface area contributed by atoms with Crippen LogP contribution in [-0.4, -0.2) is 43.4 Å². The van der Waals surface area contributed by atoms with E-state index < -0.39 is 5.97 Å². The maximum atomic E-state index is 12.5. The van der Waals surface area contributed by atoms with Crippen molar-refractivity contribution in [3.63, 3.8) is 0 Å². The van der Waals surface area contributed by atoms with Crippen molar-refractivity contribution in [1.82, 2.24) is 9.88 Å². The Morgan fingerprint density at radius 1 is 1.28 bits per heavy atom. The maximum Gasteiger partial charge on any atom is 0.343 e. The normalized spacial score (nSPS) is 20.4. The number of rotatable bonds is 9. The summed E-state index contributed by atoms with van der Waals surface area (Å²) in [5, 5.41) is 3.31.